The van der Waals surface area contributed by atoms with Crippen LogP contribution in [-0.4, -0.2) is 23.5 Å². The summed E-state index contributed by atoms with van der Waals surface area (Å²) in [5.41, 5.74) is 9.05. The van der Waals surface area contributed by atoms with Gasteiger partial charge in [0.15, 0.2) is 0 Å². The lowest BCUT2D eigenvalue weighted by molar-refractivity contribution is 0.0932. The maximum atomic E-state index is 12.4. The molecule has 1 atom stereocenters. The summed E-state index contributed by atoms with van der Waals surface area (Å²) in [4.78, 5) is 17.0. The molecule has 2 aromatic rings. The summed E-state index contributed by atoms with van der Waals surface area (Å²) >= 11 is 0. The number of pyridine rings is 1. The molecule has 1 unspecified atom stereocenters. The summed E-state index contributed by atoms with van der Waals surface area (Å²) in [5.74, 6) is 0.470. The van der Waals surface area contributed by atoms with Crippen molar-refractivity contribution >= 4 is 30.7 Å². The Morgan fingerprint density at radius 3 is 2.42 bits per heavy atom. The van der Waals surface area contributed by atoms with Gasteiger partial charge in [0.1, 0.15) is 0 Å². The van der Waals surface area contributed by atoms with Crippen molar-refractivity contribution in [1.82, 2.24) is 10.3 Å². The first-order chi connectivity index (χ1) is 10.7. The van der Waals surface area contributed by atoms with Gasteiger partial charge in [0.05, 0.1) is 17.0 Å². The Kier molecular flexibility index (Phi) is 7.67. The maximum absolute atomic E-state index is 12.4. The normalized spacial score (nSPS) is 14.1. The zero-order valence-corrected chi connectivity index (χ0v) is 15.2. The second-order valence-electron chi connectivity index (χ2n) is 5.85. The topological polar surface area (TPSA) is 68.0 Å². The minimum atomic E-state index is -0.0769. The van der Waals surface area contributed by atoms with E-state index in [0.717, 1.165) is 29.8 Å². The van der Waals surface area contributed by atoms with Crippen molar-refractivity contribution in [3.63, 3.8) is 0 Å². The number of halogens is 2. The molecule has 0 saturated heterocycles. The van der Waals surface area contributed by atoms with Crippen molar-refractivity contribution < 1.29 is 4.79 Å². The first-order valence-corrected chi connectivity index (χ1v) is 7.73. The van der Waals surface area contributed by atoms with Gasteiger partial charge in [-0.25, -0.2) is 0 Å². The second-order valence-corrected chi connectivity index (χ2v) is 5.85. The fraction of sp³-hybridized carbons (Fsp3) is 0.333. The third kappa shape index (κ3) is 4.69. The largest absolute Gasteiger partial charge is 0.348 e. The molecule has 1 fully saturated rings. The van der Waals surface area contributed by atoms with Crippen LogP contribution in [-0.2, 0) is 0 Å². The molecule has 1 aliphatic carbocycles. The average Bonchev–Trinajstić information content (AvgIpc) is 3.38. The van der Waals surface area contributed by atoms with E-state index in [-0.39, 0.29) is 36.8 Å². The summed E-state index contributed by atoms with van der Waals surface area (Å²) in [6, 6.07) is 13.8. The molecule has 24 heavy (non-hydrogen) atoms. The Labute approximate surface area is 155 Å². The van der Waals surface area contributed by atoms with Crippen LogP contribution in [0.2, 0.25) is 0 Å². The van der Waals surface area contributed by atoms with E-state index >= 15 is 0 Å². The van der Waals surface area contributed by atoms with Crippen LogP contribution in [0.15, 0.2) is 42.5 Å². The van der Waals surface area contributed by atoms with Gasteiger partial charge >= 0.3 is 0 Å². The summed E-state index contributed by atoms with van der Waals surface area (Å²) in [5, 5.41) is 3.04. The van der Waals surface area contributed by atoms with Crippen molar-refractivity contribution in [2.75, 3.05) is 6.54 Å². The standard InChI is InChI=1S/C18H21N3O.2ClH/c1-12-15(18(22)21-17(11-19)14-7-8-14)9-10-16(20-12)13-5-3-2-4-6-13;;/h2-6,9-10,14,17H,7-8,11,19H2,1H3,(H,21,22);2*1H. The molecular formula is C18H23Cl2N3O. The van der Waals surface area contributed by atoms with E-state index in [1.807, 2.05) is 49.4 Å². The molecule has 0 radical (unpaired) electrons. The molecule has 0 spiro atoms. The molecule has 3 rings (SSSR count). The Morgan fingerprint density at radius 1 is 1.21 bits per heavy atom. The number of hydrogen-bond acceptors (Lipinski definition) is 3. The van der Waals surface area contributed by atoms with E-state index in [1.54, 1.807) is 0 Å². The number of amides is 1. The highest BCUT2D eigenvalue weighted by atomic mass is 35.5. The Morgan fingerprint density at radius 2 is 1.88 bits per heavy atom. The number of carbonyl (C=O) groups is 1. The smallest absolute Gasteiger partial charge is 0.253 e. The van der Waals surface area contributed by atoms with Gasteiger partial charge in [-0.15, -0.1) is 24.8 Å². The number of aryl methyl sites for hydroxylation is 1. The number of carbonyl (C=O) groups excluding carboxylic acids is 1. The quantitative estimate of drug-likeness (QED) is 0.850. The minimum Gasteiger partial charge on any atom is -0.348 e. The second kappa shape index (κ2) is 9.02. The zero-order chi connectivity index (χ0) is 15.5. The number of nitrogens with zero attached hydrogens (tertiary/aromatic N) is 1. The summed E-state index contributed by atoms with van der Waals surface area (Å²) < 4.78 is 0. The molecule has 1 aromatic carbocycles. The van der Waals surface area contributed by atoms with Gasteiger partial charge in [-0.1, -0.05) is 30.3 Å². The first kappa shape index (κ1) is 20.4. The number of aromatic nitrogens is 1. The van der Waals surface area contributed by atoms with Gasteiger partial charge in [-0.05, 0) is 37.8 Å². The molecule has 4 nitrogen and oxygen atoms in total. The van der Waals surface area contributed by atoms with E-state index in [4.69, 9.17) is 5.73 Å². The number of rotatable bonds is 5. The first-order valence-electron chi connectivity index (χ1n) is 7.73. The van der Waals surface area contributed by atoms with Crippen molar-refractivity contribution in [3.8, 4) is 11.3 Å². The molecule has 6 heteroatoms. The van der Waals surface area contributed by atoms with Crippen LogP contribution in [0.5, 0.6) is 0 Å². The predicted molar refractivity (Wildman–Crippen MR) is 102 cm³/mol. The minimum absolute atomic E-state index is 0. The highest BCUT2D eigenvalue weighted by Crippen LogP contribution is 2.32. The third-order valence-electron chi connectivity index (χ3n) is 4.16. The van der Waals surface area contributed by atoms with E-state index < -0.39 is 0 Å². The van der Waals surface area contributed by atoms with Crippen LogP contribution in [0, 0.1) is 12.8 Å². The van der Waals surface area contributed by atoms with Gasteiger partial charge in [0.2, 0.25) is 0 Å². The molecule has 1 aliphatic rings. The van der Waals surface area contributed by atoms with Crippen LogP contribution in [0.3, 0.4) is 0 Å². The third-order valence-corrected chi connectivity index (χ3v) is 4.16. The zero-order valence-electron chi connectivity index (χ0n) is 13.6. The van der Waals surface area contributed by atoms with E-state index in [0.29, 0.717) is 18.0 Å². The SMILES string of the molecule is Cc1nc(-c2ccccc2)ccc1C(=O)NC(CN)C1CC1.Cl.Cl. The number of benzene rings is 1. The lowest BCUT2D eigenvalue weighted by Crippen LogP contribution is -2.42. The fourth-order valence-corrected chi connectivity index (χ4v) is 2.68. The summed E-state index contributed by atoms with van der Waals surface area (Å²) in [6.45, 7) is 2.36. The number of nitrogens with one attached hydrogen (secondary N) is 1. The number of hydrogen-bond donors (Lipinski definition) is 2. The molecule has 1 aromatic heterocycles. The van der Waals surface area contributed by atoms with E-state index in [9.17, 15) is 4.79 Å². The highest BCUT2D eigenvalue weighted by Gasteiger charge is 2.31. The average molecular weight is 368 g/mol. The van der Waals surface area contributed by atoms with Crippen molar-refractivity contribution in [1.29, 1.82) is 0 Å². The lowest BCUT2D eigenvalue weighted by atomic mass is 10.1. The molecule has 0 bridgehead atoms. The van der Waals surface area contributed by atoms with Gasteiger partial charge in [0.25, 0.3) is 5.91 Å². The summed E-state index contributed by atoms with van der Waals surface area (Å²) in [7, 11) is 0. The van der Waals surface area contributed by atoms with E-state index in [1.165, 1.54) is 0 Å². The van der Waals surface area contributed by atoms with Crippen LogP contribution < -0.4 is 11.1 Å². The van der Waals surface area contributed by atoms with Crippen molar-refractivity contribution in [3.05, 3.63) is 53.7 Å². The van der Waals surface area contributed by atoms with Gasteiger partial charge in [-0.2, -0.15) is 0 Å². The van der Waals surface area contributed by atoms with Crippen LogP contribution in [0.1, 0.15) is 28.9 Å². The van der Waals surface area contributed by atoms with Gasteiger partial charge in [0, 0.05) is 18.2 Å². The molecule has 130 valence electrons. The lowest BCUT2D eigenvalue weighted by Gasteiger charge is -2.17. The molecule has 1 heterocycles. The molecule has 1 amide bonds. The van der Waals surface area contributed by atoms with Gasteiger partial charge < -0.3 is 11.1 Å². The van der Waals surface area contributed by atoms with Crippen molar-refractivity contribution in [2.45, 2.75) is 25.8 Å². The van der Waals surface area contributed by atoms with Crippen LogP contribution in [0.25, 0.3) is 11.3 Å². The Bertz CT molecular complexity index is 675. The maximum Gasteiger partial charge on any atom is 0.253 e. The van der Waals surface area contributed by atoms with Gasteiger partial charge in [-0.3, -0.25) is 9.78 Å². The van der Waals surface area contributed by atoms with Crippen molar-refractivity contribution in [2.24, 2.45) is 11.7 Å². The molecule has 1 saturated carbocycles. The molecule has 0 aliphatic heterocycles. The number of nitrogens with two attached hydrogens (primary N) is 1. The Balaban J connectivity index is 0.00000144. The van der Waals surface area contributed by atoms with Crippen LogP contribution >= 0.6 is 24.8 Å². The Hall–Kier alpha value is -1.62. The van der Waals surface area contributed by atoms with E-state index in [2.05, 4.69) is 10.3 Å². The fourth-order valence-electron chi connectivity index (χ4n) is 2.68. The highest BCUT2D eigenvalue weighted by molar-refractivity contribution is 5.95. The molecule has 3 N–H and O–H groups in total. The predicted octanol–water partition coefficient (Wildman–Crippen LogP) is 3.37. The molecular weight excluding hydrogens is 345 g/mol. The van der Waals surface area contributed by atoms with Crippen LogP contribution in [0.4, 0.5) is 0 Å². The summed E-state index contributed by atoms with van der Waals surface area (Å²) in [6.07, 6.45) is 2.32. The monoisotopic (exact) mass is 367 g/mol.